The van der Waals surface area contributed by atoms with E-state index < -0.39 is 17.7 Å². The summed E-state index contributed by atoms with van der Waals surface area (Å²) in [5.41, 5.74) is -0.152. The summed E-state index contributed by atoms with van der Waals surface area (Å²) in [4.78, 5) is 15.3. The largest absolute Gasteiger partial charge is 0.478 e. The Labute approximate surface area is 116 Å². The summed E-state index contributed by atoms with van der Waals surface area (Å²) in [6, 6.07) is 9.27. The van der Waals surface area contributed by atoms with Crippen molar-refractivity contribution in [3.05, 3.63) is 53.6 Å². The van der Waals surface area contributed by atoms with Crippen molar-refractivity contribution in [1.29, 1.82) is 0 Å². The second kappa shape index (κ2) is 4.44. The third-order valence-corrected chi connectivity index (χ3v) is 3.20. The molecule has 3 rings (SSSR count). The molecule has 0 aliphatic heterocycles. The quantitative estimate of drug-likeness (QED) is 0.686. The highest BCUT2D eigenvalue weighted by Crippen LogP contribution is 2.32. The molecular weight excluding hydrogens is 283 g/mol. The Balaban J connectivity index is 2.32. The van der Waals surface area contributed by atoms with E-state index in [9.17, 15) is 18.0 Å². The predicted octanol–water partition coefficient (Wildman–Crippen LogP) is 4.11. The van der Waals surface area contributed by atoms with Crippen molar-refractivity contribution in [2.24, 2.45) is 0 Å². The summed E-state index contributed by atoms with van der Waals surface area (Å²) >= 11 is 0. The monoisotopic (exact) mass is 291 g/mol. The molecule has 1 aromatic heterocycles. The van der Waals surface area contributed by atoms with Crippen molar-refractivity contribution in [2.45, 2.75) is 6.18 Å². The lowest BCUT2D eigenvalue weighted by atomic mass is 10.1. The predicted molar refractivity (Wildman–Crippen MR) is 71.2 cm³/mol. The summed E-state index contributed by atoms with van der Waals surface area (Å²) in [5, 5.41) is 9.92. The lowest BCUT2D eigenvalue weighted by Gasteiger charge is -2.09. The van der Waals surface area contributed by atoms with Crippen LogP contribution in [0.1, 0.15) is 15.9 Å². The lowest BCUT2D eigenvalue weighted by Crippen LogP contribution is -2.04. The van der Waals surface area contributed by atoms with Gasteiger partial charge in [0, 0.05) is 10.8 Å². The average molecular weight is 291 g/mol. The fraction of sp³-hybridized carbons (Fsp3) is 0.0667. The zero-order valence-corrected chi connectivity index (χ0v) is 10.5. The first-order valence-electron chi connectivity index (χ1n) is 6.00. The van der Waals surface area contributed by atoms with Gasteiger partial charge in [-0.15, -0.1) is 0 Å². The van der Waals surface area contributed by atoms with Gasteiger partial charge in [-0.2, -0.15) is 13.2 Å². The number of para-hydroxylation sites is 1. The van der Waals surface area contributed by atoms with Crippen LogP contribution in [0.25, 0.3) is 21.8 Å². The van der Waals surface area contributed by atoms with E-state index >= 15 is 0 Å². The van der Waals surface area contributed by atoms with Gasteiger partial charge >= 0.3 is 12.1 Å². The maximum absolute atomic E-state index is 12.7. The molecule has 0 amide bonds. The third kappa shape index (κ3) is 2.29. The second-order valence-electron chi connectivity index (χ2n) is 4.58. The van der Waals surface area contributed by atoms with E-state index in [2.05, 4.69) is 4.98 Å². The Morgan fingerprint density at radius 2 is 1.81 bits per heavy atom. The van der Waals surface area contributed by atoms with Gasteiger partial charge in [0.2, 0.25) is 0 Å². The molecule has 0 spiro atoms. The van der Waals surface area contributed by atoms with Crippen LogP contribution in [0.15, 0.2) is 42.5 Å². The number of aromatic nitrogens is 1. The normalized spacial score (nSPS) is 12.0. The first-order chi connectivity index (χ1) is 9.86. The van der Waals surface area contributed by atoms with Gasteiger partial charge in [-0.1, -0.05) is 12.1 Å². The lowest BCUT2D eigenvalue weighted by molar-refractivity contribution is -0.137. The van der Waals surface area contributed by atoms with Crippen molar-refractivity contribution in [3.8, 4) is 0 Å². The van der Waals surface area contributed by atoms with Crippen LogP contribution in [0.2, 0.25) is 0 Å². The molecule has 21 heavy (non-hydrogen) atoms. The van der Waals surface area contributed by atoms with Gasteiger partial charge in [0.15, 0.2) is 0 Å². The number of pyridine rings is 1. The van der Waals surface area contributed by atoms with Crippen molar-refractivity contribution in [3.63, 3.8) is 0 Å². The first kappa shape index (κ1) is 13.4. The second-order valence-corrected chi connectivity index (χ2v) is 4.58. The van der Waals surface area contributed by atoms with Crippen LogP contribution in [0.3, 0.4) is 0 Å². The standard InChI is InChI=1S/C15H8F3NO2/c16-15(17,18)10-4-5-12-9(7-10)6-8-2-1-3-11(14(20)21)13(8)19-12/h1-7H,(H,20,21). The van der Waals surface area contributed by atoms with Gasteiger partial charge in [0.05, 0.1) is 22.2 Å². The Hall–Kier alpha value is -2.63. The van der Waals surface area contributed by atoms with E-state index in [0.29, 0.717) is 16.3 Å². The highest BCUT2D eigenvalue weighted by Gasteiger charge is 2.30. The van der Waals surface area contributed by atoms with E-state index in [1.807, 2.05) is 0 Å². The molecule has 0 aliphatic rings. The minimum absolute atomic E-state index is 0.0225. The van der Waals surface area contributed by atoms with Crippen molar-refractivity contribution in [2.75, 3.05) is 0 Å². The van der Waals surface area contributed by atoms with Crippen LogP contribution in [-0.4, -0.2) is 16.1 Å². The summed E-state index contributed by atoms with van der Waals surface area (Å²) < 4.78 is 38.1. The van der Waals surface area contributed by atoms with Crippen LogP contribution in [0.4, 0.5) is 13.2 Å². The molecular formula is C15H8F3NO2. The summed E-state index contributed by atoms with van der Waals surface area (Å²) in [6.07, 6.45) is -4.42. The van der Waals surface area contributed by atoms with Gasteiger partial charge in [-0.3, -0.25) is 0 Å². The number of hydrogen-bond donors (Lipinski definition) is 1. The van der Waals surface area contributed by atoms with Crippen LogP contribution < -0.4 is 0 Å². The molecule has 1 N–H and O–H groups in total. The number of rotatable bonds is 1. The van der Waals surface area contributed by atoms with E-state index in [1.54, 1.807) is 6.07 Å². The number of carboxylic acid groups (broad SMARTS) is 1. The molecule has 0 fully saturated rings. The number of alkyl halides is 3. The molecule has 3 aromatic rings. The van der Waals surface area contributed by atoms with E-state index in [-0.39, 0.29) is 11.1 Å². The summed E-state index contributed by atoms with van der Waals surface area (Å²) in [5.74, 6) is -1.13. The molecule has 0 aliphatic carbocycles. The Kier molecular flexibility index (Phi) is 2.83. The number of halogens is 3. The van der Waals surface area contributed by atoms with Crippen molar-refractivity contribution >= 4 is 27.8 Å². The van der Waals surface area contributed by atoms with E-state index in [4.69, 9.17) is 5.11 Å². The molecule has 1 heterocycles. The van der Waals surface area contributed by atoms with Gasteiger partial charge < -0.3 is 5.11 Å². The summed E-state index contributed by atoms with van der Waals surface area (Å²) in [7, 11) is 0. The molecule has 3 nitrogen and oxygen atoms in total. The van der Waals surface area contributed by atoms with Gasteiger partial charge in [-0.25, -0.2) is 9.78 Å². The first-order valence-corrected chi connectivity index (χ1v) is 6.00. The van der Waals surface area contributed by atoms with Gasteiger partial charge in [0.1, 0.15) is 0 Å². The fourth-order valence-electron chi connectivity index (χ4n) is 2.21. The van der Waals surface area contributed by atoms with E-state index in [1.165, 1.54) is 24.3 Å². The number of fused-ring (bicyclic) bond motifs is 2. The minimum atomic E-state index is -4.42. The van der Waals surface area contributed by atoms with Crippen molar-refractivity contribution < 1.29 is 23.1 Å². The zero-order valence-electron chi connectivity index (χ0n) is 10.5. The number of aromatic carboxylic acids is 1. The number of nitrogens with zero attached hydrogens (tertiary/aromatic N) is 1. The number of carbonyl (C=O) groups is 1. The zero-order chi connectivity index (χ0) is 15.2. The van der Waals surface area contributed by atoms with Gasteiger partial charge in [-0.05, 0) is 30.3 Å². The van der Waals surface area contributed by atoms with Crippen LogP contribution in [0.5, 0.6) is 0 Å². The van der Waals surface area contributed by atoms with Crippen LogP contribution in [0, 0.1) is 0 Å². The molecule has 0 atom stereocenters. The molecule has 0 saturated carbocycles. The highest BCUT2D eigenvalue weighted by atomic mass is 19.4. The average Bonchev–Trinajstić information content (AvgIpc) is 2.42. The number of hydrogen-bond acceptors (Lipinski definition) is 2. The Bertz CT molecular complexity index is 872. The molecule has 106 valence electrons. The SMILES string of the molecule is O=C(O)c1cccc2cc3cc(C(F)(F)F)ccc3nc12. The molecule has 0 unspecified atom stereocenters. The highest BCUT2D eigenvalue weighted by molar-refractivity contribution is 6.04. The van der Waals surface area contributed by atoms with Crippen LogP contribution in [-0.2, 0) is 6.18 Å². The maximum atomic E-state index is 12.7. The summed E-state index contributed by atoms with van der Waals surface area (Å²) in [6.45, 7) is 0. The molecule has 0 radical (unpaired) electrons. The number of carboxylic acids is 1. The Morgan fingerprint density at radius 1 is 1.05 bits per heavy atom. The maximum Gasteiger partial charge on any atom is 0.416 e. The molecule has 2 aromatic carbocycles. The van der Waals surface area contributed by atoms with Crippen LogP contribution >= 0.6 is 0 Å². The smallest absolute Gasteiger partial charge is 0.416 e. The minimum Gasteiger partial charge on any atom is -0.478 e. The topological polar surface area (TPSA) is 50.2 Å². The van der Waals surface area contributed by atoms with Gasteiger partial charge in [0.25, 0.3) is 0 Å². The molecule has 0 bridgehead atoms. The molecule has 6 heteroatoms. The Morgan fingerprint density at radius 3 is 2.48 bits per heavy atom. The fourth-order valence-corrected chi connectivity index (χ4v) is 2.21. The third-order valence-electron chi connectivity index (χ3n) is 3.20. The van der Waals surface area contributed by atoms with Crippen molar-refractivity contribution in [1.82, 2.24) is 4.98 Å². The number of benzene rings is 2. The van der Waals surface area contributed by atoms with E-state index in [0.717, 1.165) is 12.1 Å². The molecule has 0 saturated heterocycles.